The molecule has 0 radical (unpaired) electrons. The van der Waals surface area contributed by atoms with Gasteiger partial charge in [0, 0.05) is 29.5 Å². The molecule has 0 bridgehead atoms. The molecule has 2 unspecified atom stereocenters. The zero-order chi connectivity index (χ0) is 15.6. The van der Waals surface area contributed by atoms with Crippen molar-refractivity contribution in [1.82, 2.24) is 14.7 Å². The van der Waals surface area contributed by atoms with Gasteiger partial charge in [-0.05, 0) is 37.6 Å². The quantitative estimate of drug-likeness (QED) is 0.853. The largest absolute Gasteiger partial charge is 0.337 e. The predicted octanol–water partition coefficient (Wildman–Crippen LogP) is 3.97. The molecule has 2 atom stereocenters. The lowest BCUT2D eigenvalue weighted by Gasteiger charge is -2.28. The molecule has 1 aromatic carbocycles. The van der Waals surface area contributed by atoms with Crippen LogP contribution in [0.2, 0.25) is 10.0 Å². The standard InChI is InChI=1S/C15H17Cl2N3O/c1-10(13-6-5-12(16)9-14(13)17)19(3)15(21)11(2)20-8-4-7-18-20/h4-11H,1-3H3. The fraction of sp³-hybridized carbons (Fsp3) is 0.333. The van der Waals surface area contributed by atoms with E-state index in [0.29, 0.717) is 10.0 Å². The number of nitrogens with zero attached hydrogens (tertiary/aromatic N) is 3. The summed E-state index contributed by atoms with van der Waals surface area (Å²) < 4.78 is 1.63. The molecule has 0 saturated heterocycles. The van der Waals surface area contributed by atoms with Crippen LogP contribution in [0.5, 0.6) is 0 Å². The predicted molar refractivity (Wildman–Crippen MR) is 84.6 cm³/mol. The Morgan fingerprint density at radius 2 is 2.05 bits per heavy atom. The Bertz CT molecular complexity index is 628. The molecular formula is C15H17Cl2N3O. The molecule has 4 nitrogen and oxygen atoms in total. The summed E-state index contributed by atoms with van der Waals surface area (Å²) in [6.07, 6.45) is 3.43. The van der Waals surface area contributed by atoms with E-state index in [1.54, 1.807) is 47.2 Å². The molecule has 6 heteroatoms. The maximum atomic E-state index is 12.5. The Kier molecular flexibility index (Phi) is 4.91. The Morgan fingerprint density at radius 3 is 2.62 bits per heavy atom. The minimum Gasteiger partial charge on any atom is -0.337 e. The monoisotopic (exact) mass is 325 g/mol. The number of hydrogen-bond donors (Lipinski definition) is 0. The Labute approximate surface area is 134 Å². The summed E-state index contributed by atoms with van der Waals surface area (Å²) in [6, 6.07) is 6.58. The highest BCUT2D eigenvalue weighted by Gasteiger charge is 2.25. The van der Waals surface area contributed by atoms with Gasteiger partial charge in [0.2, 0.25) is 5.91 Å². The number of rotatable bonds is 4. The van der Waals surface area contributed by atoms with Gasteiger partial charge < -0.3 is 4.90 Å². The van der Waals surface area contributed by atoms with E-state index in [9.17, 15) is 4.79 Å². The minimum atomic E-state index is -0.362. The van der Waals surface area contributed by atoms with Crippen LogP contribution in [-0.4, -0.2) is 27.6 Å². The third kappa shape index (κ3) is 3.39. The normalized spacial score (nSPS) is 13.8. The first-order valence-corrected chi connectivity index (χ1v) is 7.38. The number of hydrogen-bond acceptors (Lipinski definition) is 2. The Balaban J connectivity index is 2.18. The van der Waals surface area contributed by atoms with Gasteiger partial charge in [0.05, 0.1) is 6.04 Å². The van der Waals surface area contributed by atoms with Gasteiger partial charge in [0.15, 0.2) is 0 Å². The lowest BCUT2D eigenvalue weighted by molar-refractivity contribution is -0.135. The number of benzene rings is 1. The molecule has 2 aromatic rings. The minimum absolute atomic E-state index is 0.0304. The van der Waals surface area contributed by atoms with Gasteiger partial charge in [-0.15, -0.1) is 0 Å². The highest BCUT2D eigenvalue weighted by atomic mass is 35.5. The van der Waals surface area contributed by atoms with E-state index >= 15 is 0 Å². The summed E-state index contributed by atoms with van der Waals surface area (Å²) >= 11 is 12.1. The first kappa shape index (κ1) is 15.9. The van der Waals surface area contributed by atoms with Crippen molar-refractivity contribution >= 4 is 29.1 Å². The van der Waals surface area contributed by atoms with Crippen LogP contribution in [0.1, 0.15) is 31.5 Å². The lowest BCUT2D eigenvalue weighted by atomic mass is 10.1. The van der Waals surface area contributed by atoms with Crippen molar-refractivity contribution in [2.45, 2.75) is 25.9 Å². The average molecular weight is 326 g/mol. The molecule has 1 amide bonds. The summed E-state index contributed by atoms with van der Waals surface area (Å²) in [4.78, 5) is 14.2. The van der Waals surface area contributed by atoms with Crippen LogP contribution in [0.15, 0.2) is 36.7 Å². The molecule has 112 valence electrons. The molecule has 21 heavy (non-hydrogen) atoms. The van der Waals surface area contributed by atoms with E-state index in [1.807, 2.05) is 19.9 Å². The van der Waals surface area contributed by atoms with Crippen molar-refractivity contribution in [3.63, 3.8) is 0 Å². The second-order valence-corrected chi connectivity index (χ2v) is 5.80. The van der Waals surface area contributed by atoms with E-state index in [1.165, 1.54) is 0 Å². The van der Waals surface area contributed by atoms with Crippen LogP contribution < -0.4 is 0 Å². The van der Waals surface area contributed by atoms with E-state index in [2.05, 4.69) is 5.10 Å². The first-order valence-electron chi connectivity index (χ1n) is 6.62. The fourth-order valence-electron chi connectivity index (χ4n) is 2.16. The van der Waals surface area contributed by atoms with E-state index in [0.717, 1.165) is 5.56 Å². The second-order valence-electron chi connectivity index (χ2n) is 4.95. The van der Waals surface area contributed by atoms with Gasteiger partial charge in [-0.2, -0.15) is 5.10 Å². The maximum absolute atomic E-state index is 12.5. The van der Waals surface area contributed by atoms with Gasteiger partial charge in [0.25, 0.3) is 0 Å². The van der Waals surface area contributed by atoms with Crippen molar-refractivity contribution in [2.24, 2.45) is 0 Å². The second kappa shape index (κ2) is 6.50. The topological polar surface area (TPSA) is 38.1 Å². The highest BCUT2D eigenvalue weighted by molar-refractivity contribution is 6.35. The molecular weight excluding hydrogens is 309 g/mol. The van der Waals surface area contributed by atoms with Crippen LogP contribution >= 0.6 is 23.2 Å². The molecule has 1 heterocycles. The number of likely N-dealkylation sites (N-methyl/N-ethyl adjacent to an activating group) is 1. The third-order valence-electron chi connectivity index (χ3n) is 3.62. The molecule has 2 rings (SSSR count). The van der Waals surface area contributed by atoms with Gasteiger partial charge >= 0.3 is 0 Å². The van der Waals surface area contributed by atoms with Gasteiger partial charge in [-0.3, -0.25) is 9.48 Å². The number of halogens is 2. The summed E-state index contributed by atoms with van der Waals surface area (Å²) in [5, 5.41) is 5.24. The maximum Gasteiger partial charge on any atom is 0.247 e. The Morgan fingerprint density at radius 1 is 1.33 bits per heavy atom. The van der Waals surface area contributed by atoms with Crippen LogP contribution in [0.25, 0.3) is 0 Å². The van der Waals surface area contributed by atoms with Crippen LogP contribution in [0, 0.1) is 0 Å². The summed E-state index contributed by atoms with van der Waals surface area (Å²) in [5.41, 5.74) is 0.865. The molecule has 1 aromatic heterocycles. The Hall–Kier alpha value is -1.52. The molecule has 0 saturated carbocycles. The number of aromatic nitrogens is 2. The van der Waals surface area contributed by atoms with Crippen LogP contribution in [0.3, 0.4) is 0 Å². The molecule has 0 aliphatic rings. The first-order chi connectivity index (χ1) is 9.91. The molecule has 0 spiro atoms. The van der Waals surface area contributed by atoms with Crippen LogP contribution in [0.4, 0.5) is 0 Å². The average Bonchev–Trinajstić information content (AvgIpc) is 2.98. The molecule has 0 aliphatic heterocycles. The zero-order valence-corrected chi connectivity index (χ0v) is 13.6. The van der Waals surface area contributed by atoms with Gasteiger partial charge in [0.1, 0.15) is 6.04 Å². The van der Waals surface area contributed by atoms with Crippen molar-refractivity contribution in [1.29, 1.82) is 0 Å². The van der Waals surface area contributed by atoms with Crippen LogP contribution in [-0.2, 0) is 4.79 Å². The molecule has 0 N–H and O–H groups in total. The summed E-state index contributed by atoms with van der Waals surface area (Å²) in [7, 11) is 1.76. The van der Waals surface area contributed by atoms with E-state index < -0.39 is 0 Å². The molecule has 0 aliphatic carbocycles. The van der Waals surface area contributed by atoms with Crippen molar-refractivity contribution < 1.29 is 4.79 Å². The van der Waals surface area contributed by atoms with Gasteiger partial charge in [-0.25, -0.2) is 0 Å². The third-order valence-corrected chi connectivity index (χ3v) is 4.18. The van der Waals surface area contributed by atoms with Gasteiger partial charge in [-0.1, -0.05) is 29.3 Å². The van der Waals surface area contributed by atoms with Crippen molar-refractivity contribution in [3.05, 3.63) is 52.3 Å². The number of carbonyl (C=O) groups is 1. The molecule has 0 fully saturated rings. The highest BCUT2D eigenvalue weighted by Crippen LogP contribution is 2.30. The summed E-state index contributed by atoms with van der Waals surface area (Å²) in [6.45, 7) is 3.75. The summed E-state index contributed by atoms with van der Waals surface area (Å²) in [5.74, 6) is -0.0304. The van der Waals surface area contributed by atoms with Crippen molar-refractivity contribution in [2.75, 3.05) is 7.05 Å². The van der Waals surface area contributed by atoms with E-state index in [-0.39, 0.29) is 18.0 Å². The van der Waals surface area contributed by atoms with Crippen molar-refractivity contribution in [3.8, 4) is 0 Å². The smallest absolute Gasteiger partial charge is 0.247 e. The lowest BCUT2D eigenvalue weighted by Crippen LogP contribution is -2.35. The fourth-order valence-corrected chi connectivity index (χ4v) is 2.72. The SMILES string of the molecule is CC(c1ccc(Cl)cc1Cl)N(C)C(=O)C(C)n1cccn1. The van der Waals surface area contributed by atoms with E-state index in [4.69, 9.17) is 23.2 Å². The number of amides is 1. The zero-order valence-electron chi connectivity index (χ0n) is 12.1. The number of carbonyl (C=O) groups excluding carboxylic acids is 1.